The lowest BCUT2D eigenvalue weighted by Crippen LogP contribution is -2.55. The summed E-state index contributed by atoms with van der Waals surface area (Å²) in [5, 5.41) is 7.81. The maximum atomic E-state index is 12.2. The van der Waals surface area contributed by atoms with E-state index in [0.717, 1.165) is 10.2 Å². The van der Waals surface area contributed by atoms with Crippen molar-refractivity contribution >= 4 is 33.7 Å². The van der Waals surface area contributed by atoms with Crippen LogP contribution in [-0.4, -0.2) is 52.4 Å². The fourth-order valence-electron chi connectivity index (χ4n) is 1.76. The number of amides is 3. The molecule has 7 nitrogen and oxygen atoms in total. The van der Waals surface area contributed by atoms with Crippen molar-refractivity contribution in [2.75, 3.05) is 6.54 Å². The minimum atomic E-state index is -0.735. The zero-order chi connectivity index (χ0) is 17.3. The second-order valence-corrected chi connectivity index (χ2v) is 6.35. The number of hydrogen-bond acceptors (Lipinski definition) is 4. The third-order valence-electron chi connectivity index (χ3n) is 3.14. The van der Waals surface area contributed by atoms with Gasteiger partial charge in [-0.2, -0.15) is 0 Å². The van der Waals surface area contributed by atoms with E-state index in [1.165, 1.54) is 6.92 Å². The van der Waals surface area contributed by atoms with Gasteiger partial charge in [0, 0.05) is 16.7 Å². The van der Waals surface area contributed by atoms with Gasteiger partial charge in [0.05, 0.1) is 6.54 Å². The van der Waals surface area contributed by atoms with Crippen molar-refractivity contribution in [3.05, 3.63) is 0 Å². The number of Topliss-reactive ketones (excluding diaryl/α,β-unsaturated/α-hetero) is 1. The monoisotopic (exact) mass is 329 g/mol. The van der Waals surface area contributed by atoms with Gasteiger partial charge in [0.1, 0.15) is 17.9 Å². The fraction of sp³-hybridized carbons (Fsp3) is 0.714. The number of carbonyl (C=O) groups excluding carboxylic acids is 4. The van der Waals surface area contributed by atoms with Gasteiger partial charge in [0.2, 0.25) is 17.7 Å². The summed E-state index contributed by atoms with van der Waals surface area (Å²) >= 11 is 0. The van der Waals surface area contributed by atoms with Crippen LogP contribution in [-0.2, 0) is 19.2 Å². The van der Waals surface area contributed by atoms with Crippen molar-refractivity contribution in [3.8, 4) is 0 Å². The van der Waals surface area contributed by atoms with E-state index in [1.54, 1.807) is 20.8 Å². The molecule has 2 atom stereocenters. The highest BCUT2D eigenvalue weighted by atomic mass is 28.1. The molecule has 0 bridgehead atoms. The fourth-order valence-corrected chi connectivity index (χ4v) is 2.33. The Balaban J connectivity index is 4.78. The van der Waals surface area contributed by atoms with Crippen LogP contribution in [0.3, 0.4) is 0 Å². The van der Waals surface area contributed by atoms with E-state index in [4.69, 9.17) is 0 Å². The van der Waals surface area contributed by atoms with E-state index in [2.05, 4.69) is 16.0 Å². The molecular weight excluding hydrogens is 302 g/mol. The van der Waals surface area contributed by atoms with Crippen LogP contribution >= 0.6 is 0 Å². The van der Waals surface area contributed by atoms with E-state index in [9.17, 15) is 19.2 Å². The molecule has 0 rings (SSSR count). The molecule has 0 aliphatic carbocycles. The van der Waals surface area contributed by atoms with Crippen LogP contribution in [0.4, 0.5) is 0 Å². The lowest BCUT2D eigenvalue weighted by molar-refractivity contribution is -0.133. The van der Waals surface area contributed by atoms with Gasteiger partial charge < -0.3 is 16.0 Å². The predicted molar refractivity (Wildman–Crippen MR) is 87.4 cm³/mol. The SMILES string of the molecule is CCC(=O)NC(C[SiH3])C(=O)NC(C(=O)NCC(C)=O)C(C)C. The molecule has 126 valence electrons. The molecule has 0 aliphatic rings. The number of hydrogen-bond donors (Lipinski definition) is 3. The summed E-state index contributed by atoms with van der Waals surface area (Å²) in [6.07, 6.45) is 0.304. The van der Waals surface area contributed by atoms with Crippen LogP contribution in [0.2, 0.25) is 6.04 Å². The molecular formula is C14H27N3O4Si. The summed E-state index contributed by atoms with van der Waals surface area (Å²) in [6.45, 7) is 6.64. The van der Waals surface area contributed by atoms with Crippen molar-refractivity contribution in [3.63, 3.8) is 0 Å². The summed E-state index contributed by atoms with van der Waals surface area (Å²) in [5.74, 6) is -1.25. The zero-order valence-electron chi connectivity index (χ0n) is 14.0. The lowest BCUT2D eigenvalue weighted by Gasteiger charge is -2.24. The van der Waals surface area contributed by atoms with Gasteiger partial charge in [-0.1, -0.05) is 20.8 Å². The average molecular weight is 329 g/mol. The maximum Gasteiger partial charge on any atom is 0.243 e. The predicted octanol–water partition coefficient (Wildman–Crippen LogP) is -1.49. The van der Waals surface area contributed by atoms with E-state index in [1.807, 2.05) is 0 Å². The van der Waals surface area contributed by atoms with Crippen LogP contribution in [0.15, 0.2) is 0 Å². The largest absolute Gasteiger partial charge is 0.347 e. The molecule has 0 heterocycles. The normalized spacial score (nSPS) is 13.3. The molecule has 0 aromatic heterocycles. The Kier molecular flexibility index (Phi) is 9.31. The van der Waals surface area contributed by atoms with Crippen LogP contribution in [0, 0.1) is 5.92 Å². The molecule has 0 saturated heterocycles. The van der Waals surface area contributed by atoms with Crippen molar-refractivity contribution in [1.82, 2.24) is 16.0 Å². The summed E-state index contributed by atoms with van der Waals surface area (Å²) in [7, 11) is 0.749. The minimum absolute atomic E-state index is 0.0609. The van der Waals surface area contributed by atoms with Crippen LogP contribution in [0.5, 0.6) is 0 Å². The summed E-state index contributed by atoms with van der Waals surface area (Å²) in [6, 6.07) is -0.778. The third-order valence-corrected chi connectivity index (χ3v) is 3.96. The third kappa shape index (κ3) is 7.35. The Morgan fingerprint density at radius 3 is 2.05 bits per heavy atom. The first-order chi connectivity index (χ1) is 10.2. The Labute approximate surface area is 134 Å². The number of carbonyl (C=O) groups is 4. The van der Waals surface area contributed by atoms with Crippen molar-refractivity contribution in [1.29, 1.82) is 0 Å². The molecule has 2 unspecified atom stereocenters. The highest BCUT2D eigenvalue weighted by Crippen LogP contribution is 2.03. The summed E-state index contributed by atoms with van der Waals surface area (Å²) in [5.41, 5.74) is 0. The Bertz CT molecular complexity index is 426. The van der Waals surface area contributed by atoms with E-state index in [-0.39, 0.29) is 30.1 Å². The van der Waals surface area contributed by atoms with Gasteiger partial charge in [-0.3, -0.25) is 19.2 Å². The second kappa shape index (κ2) is 10.1. The molecule has 22 heavy (non-hydrogen) atoms. The topological polar surface area (TPSA) is 104 Å². The van der Waals surface area contributed by atoms with E-state index >= 15 is 0 Å². The van der Waals surface area contributed by atoms with Crippen LogP contribution in [0.25, 0.3) is 0 Å². The molecule has 0 aromatic carbocycles. The van der Waals surface area contributed by atoms with Gasteiger partial charge in [-0.25, -0.2) is 0 Å². The molecule has 0 aliphatic heterocycles. The molecule has 3 amide bonds. The number of nitrogens with one attached hydrogen (secondary N) is 3. The van der Waals surface area contributed by atoms with E-state index < -0.39 is 18.0 Å². The first kappa shape index (κ1) is 20.3. The molecule has 0 aromatic rings. The lowest BCUT2D eigenvalue weighted by atomic mass is 10.0. The maximum absolute atomic E-state index is 12.2. The smallest absolute Gasteiger partial charge is 0.243 e. The molecule has 8 heteroatoms. The van der Waals surface area contributed by atoms with Gasteiger partial charge >= 0.3 is 0 Å². The molecule has 0 spiro atoms. The Morgan fingerprint density at radius 2 is 1.64 bits per heavy atom. The summed E-state index contributed by atoms with van der Waals surface area (Å²) in [4.78, 5) is 46.6. The highest BCUT2D eigenvalue weighted by Gasteiger charge is 2.27. The summed E-state index contributed by atoms with van der Waals surface area (Å²) < 4.78 is 0. The van der Waals surface area contributed by atoms with Gasteiger partial charge in [-0.05, 0) is 18.9 Å². The van der Waals surface area contributed by atoms with E-state index in [0.29, 0.717) is 12.5 Å². The average Bonchev–Trinajstić information content (AvgIpc) is 2.46. The first-order valence-electron chi connectivity index (χ1n) is 7.59. The standard InChI is InChI=1S/C14H27N3O4Si/c1-5-11(19)16-10(7-22)13(20)17-12(8(2)3)14(21)15-6-9(4)18/h8,10,12H,5-7H2,1-4,22H3,(H,15,21)(H,16,19)(H,17,20). The number of rotatable bonds is 9. The van der Waals surface area contributed by atoms with Crippen molar-refractivity contribution in [2.45, 2.75) is 52.2 Å². The zero-order valence-corrected chi connectivity index (χ0v) is 16.0. The first-order valence-corrected chi connectivity index (χ1v) is 9.01. The minimum Gasteiger partial charge on any atom is -0.347 e. The van der Waals surface area contributed by atoms with Crippen molar-refractivity contribution < 1.29 is 19.2 Å². The second-order valence-electron chi connectivity index (χ2n) is 5.53. The van der Waals surface area contributed by atoms with Gasteiger partial charge in [0.25, 0.3) is 0 Å². The van der Waals surface area contributed by atoms with Crippen LogP contribution < -0.4 is 16.0 Å². The molecule has 3 N–H and O–H groups in total. The molecule has 0 fully saturated rings. The molecule has 0 radical (unpaired) electrons. The van der Waals surface area contributed by atoms with Gasteiger partial charge in [0.15, 0.2) is 0 Å². The Morgan fingerprint density at radius 1 is 1.05 bits per heavy atom. The van der Waals surface area contributed by atoms with Gasteiger partial charge in [-0.15, -0.1) is 0 Å². The highest BCUT2D eigenvalue weighted by molar-refractivity contribution is 6.11. The Hall–Kier alpha value is -1.70. The quantitative estimate of drug-likeness (QED) is 0.448. The van der Waals surface area contributed by atoms with Crippen LogP contribution in [0.1, 0.15) is 34.1 Å². The molecule has 0 saturated carbocycles. The van der Waals surface area contributed by atoms with Crippen molar-refractivity contribution in [2.24, 2.45) is 5.92 Å². The number of ketones is 1.